The Labute approximate surface area is 131 Å². The first-order valence-corrected chi connectivity index (χ1v) is 8.30. The highest BCUT2D eigenvalue weighted by Crippen LogP contribution is 2.23. The van der Waals surface area contributed by atoms with Crippen LogP contribution in [-0.4, -0.2) is 24.7 Å². The van der Waals surface area contributed by atoms with E-state index >= 15 is 0 Å². The molecule has 1 aromatic carbocycles. The zero-order valence-corrected chi connectivity index (χ0v) is 13.8. The summed E-state index contributed by atoms with van der Waals surface area (Å²) in [6.45, 7) is 5.36. The summed E-state index contributed by atoms with van der Waals surface area (Å²) in [5, 5.41) is 6.81. The number of hydrogen-bond acceptors (Lipinski definition) is 4. The summed E-state index contributed by atoms with van der Waals surface area (Å²) in [5.41, 5.74) is 1.27. The summed E-state index contributed by atoms with van der Waals surface area (Å²) in [7, 11) is 1.74. The number of rotatable bonds is 8. The van der Waals surface area contributed by atoms with Crippen LogP contribution in [0.4, 0.5) is 0 Å². The van der Waals surface area contributed by atoms with E-state index in [-0.39, 0.29) is 0 Å². The van der Waals surface area contributed by atoms with Gasteiger partial charge < -0.3 is 10.1 Å². The average Bonchev–Trinajstić information content (AvgIpc) is 2.98. The van der Waals surface area contributed by atoms with Crippen molar-refractivity contribution in [1.82, 2.24) is 10.3 Å². The standard InChI is InChI=1S/C17H24N2OS/c1-13(2)19-12-14(11-17-18-8-9-21-17)10-15-6-4-5-7-16(15)20-3/h4-9,13-14,19H,10-12H2,1-3H3. The lowest BCUT2D eigenvalue weighted by Gasteiger charge is -2.19. The Morgan fingerprint density at radius 2 is 2.05 bits per heavy atom. The normalized spacial score (nSPS) is 12.6. The van der Waals surface area contributed by atoms with Crippen molar-refractivity contribution in [2.24, 2.45) is 5.92 Å². The van der Waals surface area contributed by atoms with Gasteiger partial charge in [-0.3, -0.25) is 0 Å². The van der Waals surface area contributed by atoms with Gasteiger partial charge in [0.15, 0.2) is 0 Å². The van der Waals surface area contributed by atoms with E-state index in [1.807, 2.05) is 23.7 Å². The van der Waals surface area contributed by atoms with Gasteiger partial charge in [-0.05, 0) is 30.5 Å². The smallest absolute Gasteiger partial charge is 0.122 e. The second-order valence-corrected chi connectivity index (χ2v) is 6.55. The van der Waals surface area contributed by atoms with Gasteiger partial charge in [0.1, 0.15) is 5.75 Å². The van der Waals surface area contributed by atoms with Crippen LogP contribution in [0, 0.1) is 5.92 Å². The molecule has 0 saturated heterocycles. The number of benzene rings is 1. The Balaban J connectivity index is 2.07. The highest BCUT2D eigenvalue weighted by Gasteiger charge is 2.15. The van der Waals surface area contributed by atoms with Gasteiger partial charge in [0.25, 0.3) is 0 Å². The van der Waals surface area contributed by atoms with Gasteiger partial charge in [0.2, 0.25) is 0 Å². The van der Waals surface area contributed by atoms with E-state index in [0.717, 1.165) is 25.1 Å². The molecule has 1 aromatic heterocycles. The first-order chi connectivity index (χ1) is 10.2. The Bertz CT molecular complexity index is 525. The molecule has 1 atom stereocenters. The minimum Gasteiger partial charge on any atom is -0.496 e. The van der Waals surface area contributed by atoms with E-state index in [1.54, 1.807) is 18.4 Å². The molecule has 0 aliphatic rings. The van der Waals surface area contributed by atoms with E-state index in [1.165, 1.54) is 10.6 Å². The molecule has 4 heteroatoms. The molecule has 114 valence electrons. The van der Waals surface area contributed by atoms with Crippen LogP contribution >= 0.6 is 11.3 Å². The van der Waals surface area contributed by atoms with Crippen molar-refractivity contribution in [2.75, 3.05) is 13.7 Å². The molecule has 0 radical (unpaired) electrons. The van der Waals surface area contributed by atoms with Crippen molar-refractivity contribution in [1.29, 1.82) is 0 Å². The molecule has 0 saturated carbocycles. The van der Waals surface area contributed by atoms with Gasteiger partial charge in [-0.1, -0.05) is 32.0 Å². The Morgan fingerprint density at radius 1 is 1.24 bits per heavy atom. The third-order valence-electron chi connectivity index (χ3n) is 3.46. The molecular weight excluding hydrogens is 280 g/mol. The van der Waals surface area contributed by atoms with E-state index in [9.17, 15) is 0 Å². The minimum absolute atomic E-state index is 0.501. The van der Waals surface area contributed by atoms with Gasteiger partial charge in [-0.2, -0.15) is 0 Å². The molecule has 2 rings (SSSR count). The number of para-hydroxylation sites is 1. The van der Waals surface area contributed by atoms with Crippen LogP contribution in [-0.2, 0) is 12.8 Å². The molecule has 3 nitrogen and oxygen atoms in total. The number of methoxy groups -OCH3 is 1. The zero-order chi connectivity index (χ0) is 15.1. The van der Waals surface area contributed by atoms with Crippen molar-refractivity contribution < 1.29 is 4.74 Å². The molecule has 21 heavy (non-hydrogen) atoms. The number of aromatic nitrogens is 1. The van der Waals surface area contributed by atoms with Crippen molar-refractivity contribution in [2.45, 2.75) is 32.7 Å². The van der Waals surface area contributed by atoms with Gasteiger partial charge >= 0.3 is 0 Å². The third-order valence-corrected chi connectivity index (χ3v) is 4.26. The van der Waals surface area contributed by atoms with E-state index in [4.69, 9.17) is 4.74 Å². The second kappa shape index (κ2) is 8.15. The summed E-state index contributed by atoms with van der Waals surface area (Å²) in [5.74, 6) is 1.50. The average molecular weight is 304 g/mol. The SMILES string of the molecule is COc1ccccc1CC(CNC(C)C)Cc1nccs1. The predicted molar refractivity (Wildman–Crippen MR) is 89.1 cm³/mol. The first-order valence-electron chi connectivity index (χ1n) is 7.42. The maximum absolute atomic E-state index is 5.47. The predicted octanol–water partition coefficient (Wildman–Crippen LogP) is 3.55. The molecule has 1 unspecified atom stereocenters. The van der Waals surface area contributed by atoms with Crippen molar-refractivity contribution >= 4 is 11.3 Å². The van der Waals surface area contributed by atoms with Crippen LogP contribution in [0.2, 0.25) is 0 Å². The Hall–Kier alpha value is -1.39. The lowest BCUT2D eigenvalue weighted by Crippen LogP contribution is -2.31. The van der Waals surface area contributed by atoms with Crippen LogP contribution in [0.5, 0.6) is 5.75 Å². The Kier molecular flexibility index (Phi) is 6.21. The van der Waals surface area contributed by atoms with Gasteiger partial charge in [-0.15, -0.1) is 11.3 Å². The summed E-state index contributed by atoms with van der Waals surface area (Å²) in [4.78, 5) is 4.43. The van der Waals surface area contributed by atoms with Gasteiger partial charge in [0, 0.05) is 24.0 Å². The number of nitrogens with zero attached hydrogens (tertiary/aromatic N) is 1. The summed E-state index contributed by atoms with van der Waals surface area (Å²) >= 11 is 1.74. The molecule has 1 N–H and O–H groups in total. The highest BCUT2D eigenvalue weighted by atomic mass is 32.1. The van der Waals surface area contributed by atoms with Crippen LogP contribution < -0.4 is 10.1 Å². The summed E-state index contributed by atoms with van der Waals surface area (Å²) in [6, 6.07) is 8.79. The van der Waals surface area contributed by atoms with Crippen LogP contribution in [0.3, 0.4) is 0 Å². The topological polar surface area (TPSA) is 34.1 Å². The lowest BCUT2D eigenvalue weighted by atomic mass is 9.95. The monoisotopic (exact) mass is 304 g/mol. The molecule has 1 heterocycles. The van der Waals surface area contributed by atoms with Crippen LogP contribution in [0.1, 0.15) is 24.4 Å². The first kappa shape index (κ1) is 16.0. The van der Waals surface area contributed by atoms with E-state index < -0.39 is 0 Å². The van der Waals surface area contributed by atoms with Gasteiger partial charge in [0.05, 0.1) is 12.1 Å². The molecule has 0 aliphatic carbocycles. The number of thiazole rings is 1. The summed E-state index contributed by atoms with van der Waals surface area (Å²) < 4.78 is 5.47. The number of ether oxygens (including phenoxy) is 1. The van der Waals surface area contributed by atoms with Crippen molar-refractivity contribution in [3.8, 4) is 5.75 Å². The fourth-order valence-electron chi connectivity index (χ4n) is 2.40. The fourth-order valence-corrected chi connectivity index (χ4v) is 3.13. The number of nitrogens with one attached hydrogen (secondary N) is 1. The fraction of sp³-hybridized carbons (Fsp3) is 0.471. The maximum atomic E-state index is 5.47. The lowest BCUT2D eigenvalue weighted by molar-refractivity contribution is 0.397. The summed E-state index contributed by atoms with van der Waals surface area (Å²) in [6.07, 6.45) is 3.90. The molecular formula is C17H24N2OS. The van der Waals surface area contributed by atoms with Gasteiger partial charge in [-0.25, -0.2) is 4.98 Å². The third kappa shape index (κ3) is 5.14. The number of hydrogen-bond donors (Lipinski definition) is 1. The van der Waals surface area contributed by atoms with E-state index in [0.29, 0.717) is 12.0 Å². The quantitative estimate of drug-likeness (QED) is 0.810. The van der Waals surface area contributed by atoms with Crippen molar-refractivity contribution in [3.63, 3.8) is 0 Å². The molecule has 0 aliphatic heterocycles. The molecule has 0 fully saturated rings. The van der Waals surface area contributed by atoms with E-state index in [2.05, 4.69) is 36.3 Å². The van der Waals surface area contributed by atoms with Crippen molar-refractivity contribution in [3.05, 3.63) is 46.4 Å². The van der Waals surface area contributed by atoms with Crippen LogP contribution in [0.15, 0.2) is 35.8 Å². The molecule has 0 amide bonds. The molecule has 2 aromatic rings. The van der Waals surface area contributed by atoms with Crippen LogP contribution in [0.25, 0.3) is 0 Å². The Morgan fingerprint density at radius 3 is 2.71 bits per heavy atom. The maximum Gasteiger partial charge on any atom is 0.122 e. The minimum atomic E-state index is 0.501. The second-order valence-electron chi connectivity index (χ2n) is 5.57. The zero-order valence-electron chi connectivity index (χ0n) is 13.0. The largest absolute Gasteiger partial charge is 0.496 e. The highest BCUT2D eigenvalue weighted by molar-refractivity contribution is 7.09. The molecule has 0 spiro atoms. The molecule has 0 bridgehead atoms.